The number of amides is 1. The maximum atomic E-state index is 13.5. The molecular weight excluding hydrogens is 329 g/mol. The minimum atomic E-state index is -0.583. The normalized spacial score (nSPS) is 10.5. The van der Waals surface area contributed by atoms with E-state index in [4.69, 9.17) is 0 Å². The second-order valence-corrected chi connectivity index (χ2v) is 6.01. The van der Waals surface area contributed by atoms with Gasteiger partial charge in [0.1, 0.15) is 11.5 Å². The number of aromatic nitrogens is 2. The molecule has 2 heterocycles. The van der Waals surface area contributed by atoms with Crippen LogP contribution in [0, 0.1) is 5.82 Å². The van der Waals surface area contributed by atoms with Gasteiger partial charge >= 0.3 is 5.69 Å². The molecule has 0 radical (unpaired) electrons. The topological polar surface area (TPSA) is 74.8 Å². The van der Waals surface area contributed by atoms with Crippen LogP contribution in [0.15, 0.2) is 52.6 Å². The third-order valence-corrected chi connectivity index (χ3v) is 4.30. The van der Waals surface area contributed by atoms with Crippen LogP contribution in [0.25, 0.3) is 10.6 Å². The molecule has 0 saturated carbocycles. The summed E-state index contributed by atoms with van der Waals surface area (Å²) in [6, 6.07) is 11.6. The van der Waals surface area contributed by atoms with Crippen molar-refractivity contribution in [1.29, 1.82) is 0 Å². The maximum absolute atomic E-state index is 13.5. The highest BCUT2D eigenvalue weighted by Gasteiger charge is 2.11. The van der Waals surface area contributed by atoms with Crippen molar-refractivity contribution in [3.05, 3.63) is 75.4 Å². The number of carbonyl (C=O) groups excluding carboxylic acids is 1. The average Bonchev–Trinajstić information content (AvgIpc) is 3.10. The number of benzene rings is 1. The first-order valence-corrected chi connectivity index (χ1v) is 8.18. The number of H-pyrrole nitrogens is 1. The predicted octanol–water partition coefficient (Wildman–Crippen LogP) is 2.61. The lowest BCUT2D eigenvalue weighted by atomic mass is 10.1. The molecule has 0 aliphatic heterocycles. The van der Waals surface area contributed by atoms with E-state index in [9.17, 15) is 14.0 Å². The number of aromatic amines is 1. The number of hydrogen-bond acceptors (Lipinski definition) is 4. The van der Waals surface area contributed by atoms with E-state index < -0.39 is 11.6 Å². The third kappa shape index (κ3) is 3.75. The van der Waals surface area contributed by atoms with Gasteiger partial charge in [0.25, 0.3) is 5.91 Å². The molecule has 0 atom stereocenters. The van der Waals surface area contributed by atoms with Gasteiger partial charge in [-0.05, 0) is 35.6 Å². The molecule has 0 aliphatic rings. The van der Waals surface area contributed by atoms with Gasteiger partial charge in [-0.15, -0.1) is 11.3 Å². The Morgan fingerprint density at radius 3 is 2.83 bits per heavy atom. The summed E-state index contributed by atoms with van der Waals surface area (Å²) < 4.78 is 13.5. The summed E-state index contributed by atoms with van der Waals surface area (Å²) in [6.45, 7) is 0.253. The first-order chi connectivity index (χ1) is 11.6. The van der Waals surface area contributed by atoms with E-state index in [-0.39, 0.29) is 18.1 Å². The zero-order valence-corrected chi connectivity index (χ0v) is 13.4. The number of nitrogens with one attached hydrogen (secondary N) is 2. The van der Waals surface area contributed by atoms with Crippen molar-refractivity contribution in [3.63, 3.8) is 0 Å². The Morgan fingerprint density at radius 1 is 1.25 bits per heavy atom. The molecule has 0 aliphatic carbocycles. The Bertz CT molecular complexity index is 906. The molecule has 3 aromatic rings. The third-order valence-electron chi connectivity index (χ3n) is 3.40. The Labute approximate surface area is 141 Å². The van der Waals surface area contributed by atoms with Gasteiger partial charge in [0.05, 0.1) is 10.6 Å². The van der Waals surface area contributed by atoms with Crippen molar-refractivity contribution in [2.45, 2.75) is 6.42 Å². The van der Waals surface area contributed by atoms with Gasteiger partial charge in [-0.3, -0.25) is 4.79 Å². The zero-order chi connectivity index (χ0) is 16.9. The number of rotatable bonds is 5. The fourth-order valence-corrected chi connectivity index (χ4v) is 2.94. The van der Waals surface area contributed by atoms with Gasteiger partial charge < -0.3 is 10.3 Å². The van der Waals surface area contributed by atoms with Gasteiger partial charge in [-0.1, -0.05) is 24.3 Å². The molecule has 0 spiro atoms. The number of hydrogen-bond donors (Lipinski definition) is 2. The molecule has 1 amide bonds. The highest BCUT2D eigenvalue weighted by molar-refractivity contribution is 7.13. The molecule has 2 aromatic heterocycles. The van der Waals surface area contributed by atoms with Gasteiger partial charge in [-0.2, -0.15) is 4.98 Å². The monoisotopic (exact) mass is 343 g/mol. The number of halogens is 1. The highest BCUT2D eigenvalue weighted by Crippen LogP contribution is 2.21. The standard InChI is InChI=1S/C17H14FN3O2S/c18-12-5-2-1-4-11(12)7-8-19-16(22)14-10-13(20-17(23)21-14)15-6-3-9-24-15/h1-6,9-10H,7-8H2,(H,19,22)(H,20,21,23). The first-order valence-electron chi connectivity index (χ1n) is 7.30. The lowest BCUT2D eigenvalue weighted by molar-refractivity contribution is 0.0948. The van der Waals surface area contributed by atoms with Crippen LogP contribution < -0.4 is 11.0 Å². The fourth-order valence-electron chi connectivity index (χ4n) is 2.24. The molecule has 2 N–H and O–H groups in total. The minimum Gasteiger partial charge on any atom is -0.350 e. The van der Waals surface area contributed by atoms with Crippen LogP contribution in [0.3, 0.4) is 0 Å². The van der Waals surface area contributed by atoms with Gasteiger partial charge in [0, 0.05) is 6.54 Å². The Hall–Kier alpha value is -2.80. The Balaban J connectivity index is 1.69. The second-order valence-electron chi connectivity index (χ2n) is 5.06. The van der Waals surface area contributed by atoms with Crippen molar-refractivity contribution in [2.75, 3.05) is 6.54 Å². The van der Waals surface area contributed by atoms with Crippen LogP contribution in [0.2, 0.25) is 0 Å². The van der Waals surface area contributed by atoms with Crippen molar-refractivity contribution in [1.82, 2.24) is 15.3 Å². The fraction of sp³-hybridized carbons (Fsp3) is 0.118. The van der Waals surface area contributed by atoms with Crippen LogP contribution in [0.4, 0.5) is 4.39 Å². The largest absolute Gasteiger partial charge is 0.350 e. The van der Waals surface area contributed by atoms with E-state index in [2.05, 4.69) is 15.3 Å². The Morgan fingerprint density at radius 2 is 2.08 bits per heavy atom. The van der Waals surface area contributed by atoms with Crippen molar-refractivity contribution in [2.24, 2.45) is 0 Å². The van der Waals surface area contributed by atoms with E-state index in [1.165, 1.54) is 23.5 Å². The molecule has 3 rings (SSSR count). The van der Waals surface area contributed by atoms with Crippen LogP contribution in [0.5, 0.6) is 0 Å². The molecule has 5 nitrogen and oxygen atoms in total. The van der Waals surface area contributed by atoms with E-state index in [1.54, 1.807) is 18.2 Å². The summed E-state index contributed by atoms with van der Waals surface area (Å²) in [7, 11) is 0. The number of thiophene rings is 1. The molecule has 24 heavy (non-hydrogen) atoms. The second kappa shape index (κ2) is 7.18. The van der Waals surface area contributed by atoms with Crippen molar-refractivity contribution in [3.8, 4) is 10.6 Å². The summed E-state index contributed by atoms with van der Waals surface area (Å²) in [5.41, 5.74) is 0.524. The lowest BCUT2D eigenvalue weighted by Crippen LogP contribution is -2.29. The number of nitrogens with zero attached hydrogens (tertiary/aromatic N) is 1. The molecule has 0 saturated heterocycles. The summed E-state index contributed by atoms with van der Waals surface area (Å²) in [5.74, 6) is -0.767. The quantitative estimate of drug-likeness (QED) is 0.748. The minimum absolute atomic E-state index is 0.0377. The Kier molecular flexibility index (Phi) is 4.81. The van der Waals surface area contributed by atoms with E-state index >= 15 is 0 Å². The summed E-state index contributed by atoms with van der Waals surface area (Å²) in [4.78, 5) is 31.0. The van der Waals surface area contributed by atoms with Crippen LogP contribution in [-0.4, -0.2) is 22.4 Å². The van der Waals surface area contributed by atoms with Crippen molar-refractivity contribution >= 4 is 17.2 Å². The molecular formula is C17H14FN3O2S. The zero-order valence-electron chi connectivity index (χ0n) is 12.6. The highest BCUT2D eigenvalue weighted by atomic mass is 32.1. The lowest BCUT2D eigenvalue weighted by Gasteiger charge is -2.06. The molecule has 122 valence electrons. The molecule has 7 heteroatoms. The summed E-state index contributed by atoms with van der Waals surface area (Å²) in [5, 5.41) is 4.53. The summed E-state index contributed by atoms with van der Waals surface area (Å²) >= 11 is 1.45. The van der Waals surface area contributed by atoms with E-state index in [0.29, 0.717) is 17.7 Å². The predicted molar refractivity (Wildman–Crippen MR) is 90.6 cm³/mol. The number of carbonyl (C=O) groups is 1. The average molecular weight is 343 g/mol. The molecule has 0 fully saturated rings. The van der Waals surface area contributed by atoms with Crippen LogP contribution in [-0.2, 0) is 6.42 Å². The van der Waals surface area contributed by atoms with Gasteiger partial charge in [-0.25, -0.2) is 9.18 Å². The molecule has 0 unspecified atom stereocenters. The molecule has 0 bridgehead atoms. The van der Waals surface area contributed by atoms with Gasteiger partial charge in [0.2, 0.25) is 0 Å². The molecule has 1 aromatic carbocycles. The van der Waals surface area contributed by atoms with E-state index in [1.807, 2.05) is 17.5 Å². The van der Waals surface area contributed by atoms with Gasteiger partial charge in [0.15, 0.2) is 0 Å². The van der Waals surface area contributed by atoms with Crippen LogP contribution in [0.1, 0.15) is 16.1 Å². The maximum Gasteiger partial charge on any atom is 0.346 e. The summed E-state index contributed by atoms with van der Waals surface area (Å²) in [6.07, 6.45) is 0.361. The smallest absolute Gasteiger partial charge is 0.346 e. The SMILES string of the molecule is O=C(NCCc1ccccc1F)c1cc(-c2cccs2)[nH]c(=O)n1. The first kappa shape index (κ1) is 16.1. The van der Waals surface area contributed by atoms with Crippen LogP contribution >= 0.6 is 11.3 Å². The van der Waals surface area contributed by atoms with E-state index in [0.717, 1.165) is 4.88 Å². The van der Waals surface area contributed by atoms with Crippen molar-refractivity contribution < 1.29 is 9.18 Å².